The molecule has 0 saturated carbocycles. The van der Waals surface area contributed by atoms with Gasteiger partial charge in [0, 0.05) is 18.8 Å². The van der Waals surface area contributed by atoms with Gasteiger partial charge in [0.15, 0.2) is 0 Å². The lowest BCUT2D eigenvalue weighted by molar-refractivity contribution is 0.261. The predicted octanol–water partition coefficient (Wildman–Crippen LogP) is 0.988. The molecule has 1 aromatic rings. The molecular weight excluding hydrogens is 274 g/mol. The molecule has 0 aromatic carbocycles. The molecule has 2 rings (SSSR count). The summed E-state index contributed by atoms with van der Waals surface area (Å²) in [6, 6.07) is 3.65. The van der Waals surface area contributed by atoms with Crippen molar-refractivity contribution < 1.29 is 8.42 Å². The Morgan fingerprint density at radius 1 is 1.50 bits per heavy atom. The van der Waals surface area contributed by atoms with Gasteiger partial charge in [0.05, 0.1) is 5.75 Å². The minimum Gasteiger partial charge on any atom is -0.295 e. The number of rotatable bonds is 4. The molecule has 1 aliphatic rings. The fourth-order valence-electron chi connectivity index (χ4n) is 2.29. The molecular formula is C11H16ClN3O2S. The summed E-state index contributed by atoms with van der Waals surface area (Å²) in [4.78, 5) is 6.15. The Balaban J connectivity index is 2.01. The first-order valence-corrected chi connectivity index (χ1v) is 7.88. The van der Waals surface area contributed by atoms with Crippen LogP contribution in [0.5, 0.6) is 0 Å². The van der Waals surface area contributed by atoms with Crippen LogP contribution in [0.2, 0.25) is 5.15 Å². The molecule has 1 atom stereocenters. The first-order valence-electron chi connectivity index (χ1n) is 5.79. The number of nitrogens with zero attached hydrogens (tertiary/aromatic N) is 2. The zero-order chi connectivity index (χ0) is 13.2. The topological polar surface area (TPSA) is 76.3 Å². The van der Waals surface area contributed by atoms with Gasteiger partial charge in [-0.3, -0.25) is 4.90 Å². The number of pyridine rings is 1. The van der Waals surface area contributed by atoms with Crippen LogP contribution in [0, 0.1) is 0 Å². The molecule has 5 nitrogen and oxygen atoms in total. The molecule has 1 fully saturated rings. The van der Waals surface area contributed by atoms with Crippen molar-refractivity contribution in [1.82, 2.24) is 9.88 Å². The summed E-state index contributed by atoms with van der Waals surface area (Å²) in [5, 5.41) is 5.57. The second-order valence-corrected chi connectivity index (χ2v) is 6.63. The van der Waals surface area contributed by atoms with Crippen LogP contribution < -0.4 is 5.14 Å². The van der Waals surface area contributed by atoms with Crippen molar-refractivity contribution in [2.24, 2.45) is 5.14 Å². The quantitative estimate of drug-likeness (QED) is 0.839. The molecule has 0 radical (unpaired) electrons. The second kappa shape index (κ2) is 5.52. The summed E-state index contributed by atoms with van der Waals surface area (Å²) in [6.07, 6.45) is 3.59. The minimum absolute atomic E-state index is 0.00989. The minimum atomic E-state index is -3.42. The Kier molecular flexibility index (Phi) is 4.21. The third kappa shape index (κ3) is 3.91. The zero-order valence-electron chi connectivity index (χ0n) is 9.92. The lowest BCUT2D eigenvalue weighted by atomic mass is 10.2. The number of sulfonamides is 1. The Morgan fingerprint density at radius 3 is 2.89 bits per heavy atom. The lowest BCUT2D eigenvalue weighted by Crippen LogP contribution is -2.36. The number of halogens is 1. The van der Waals surface area contributed by atoms with Crippen LogP contribution >= 0.6 is 11.6 Å². The highest BCUT2D eigenvalue weighted by Gasteiger charge is 2.27. The summed E-state index contributed by atoms with van der Waals surface area (Å²) in [5.74, 6) is 0.0218. The second-order valence-electron chi connectivity index (χ2n) is 4.59. The van der Waals surface area contributed by atoms with Crippen LogP contribution in [-0.2, 0) is 16.6 Å². The number of hydrogen-bond acceptors (Lipinski definition) is 4. The van der Waals surface area contributed by atoms with Gasteiger partial charge < -0.3 is 0 Å². The van der Waals surface area contributed by atoms with Gasteiger partial charge in [-0.25, -0.2) is 18.5 Å². The van der Waals surface area contributed by atoms with Crippen LogP contribution in [-0.4, -0.2) is 36.6 Å². The van der Waals surface area contributed by atoms with Gasteiger partial charge in [-0.1, -0.05) is 17.7 Å². The van der Waals surface area contributed by atoms with Gasteiger partial charge in [0.2, 0.25) is 10.0 Å². The highest BCUT2D eigenvalue weighted by atomic mass is 35.5. The third-order valence-electron chi connectivity index (χ3n) is 3.10. The molecule has 0 spiro atoms. The maximum Gasteiger partial charge on any atom is 0.210 e. The third-order valence-corrected chi connectivity index (χ3v) is 4.17. The van der Waals surface area contributed by atoms with E-state index in [2.05, 4.69) is 9.88 Å². The average molecular weight is 290 g/mol. The standard InChI is InChI=1S/C11H16ClN3O2S/c12-11-4-3-9(6-14-11)7-15-5-1-2-10(15)8-18(13,16)17/h3-4,6,10H,1-2,5,7-8H2,(H2,13,16,17). The monoisotopic (exact) mass is 289 g/mol. The van der Waals surface area contributed by atoms with E-state index in [1.165, 1.54) is 0 Å². The predicted molar refractivity (Wildman–Crippen MR) is 70.7 cm³/mol. The fourth-order valence-corrected chi connectivity index (χ4v) is 3.32. The molecule has 2 heterocycles. The fraction of sp³-hybridized carbons (Fsp3) is 0.545. The van der Waals surface area contributed by atoms with E-state index in [-0.39, 0.29) is 11.8 Å². The van der Waals surface area contributed by atoms with Crippen LogP contribution in [0.1, 0.15) is 18.4 Å². The number of hydrogen-bond donors (Lipinski definition) is 1. The maximum absolute atomic E-state index is 11.2. The van der Waals surface area contributed by atoms with E-state index in [1.807, 2.05) is 6.07 Å². The average Bonchev–Trinajstić information content (AvgIpc) is 2.67. The van der Waals surface area contributed by atoms with Crippen LogP contribution in [0.4, 0.5) is 0 Å². The van der Waals surface area contributed by atoms with Crippen LogP contribution in [0.25, 0.3) is 0 Å². The van der Waals surface area contributed by atoms with Gasteiger partial charge >= 0.3 is 0 Å². The zero-order valence-corrected chi connectivity index (χ0v) is 11.5. The van der Waals surface area contributed by atoms with E-state index in [9.17, 15) is 8.42 Å². The summed E-state index contributed by atoms with van der Waals surface area (Å²) in [5.41, 5.74) is 1.03. The van der Waals surface area contributed by atoms with Crippen molar-refractivity contribution >= 4 is 21.6 Å². The largest absolute Gasteiger partial charge is 0.295 e. The van der Waals surface area contributed by atoms with E-state index in [0.29, 0.717) is 11.7 Å². The van der Waals surface area contributed by atoms with Crippen molar-refractivity contribution in [2.75, 3.05) is 12.3 Å². The molecule has 0 amide bonds. The Hall–Kier alpha value is -0.690. The van der Waals surface area contributed by atoms with Crippen molar-refractivity contribution in [1.29, 1.82) is 0 Å². The van der Waals surface area contributed by atoms with Gasteiger partial charge in [0.1, 0.15) is 5.15 Å². The van der Waals surface area contributed by atoms with E-state index in [1.54, 1.807) is 12.3 Å². The normalized spacial score (nSPS) is 21.3. The van der Waals surface area contributed by atoms with Crippen LogP contribution in [0.15, 0.2) is 18.3 Å². The molecule has 18 heavy (non-hydrogen) atoms. The van der Waals surface area contributed by atoms with Gasteiger partial charge in [0.25, 0.3) is 0 Å². The summed E-state index contributed by atoms with van der Waals surface area (Å²) < 4.78 is 22.3. The van der Waals surface area contributed by atoms with E-state index in [4.69, 9.17) is 16.7 Å². The van der Waals surface area contributed by atoms with Crippen molar-refractivity contribution in [3.8, 4) is 0 Å². The van der Waals surface area contributed by atoms with Crippen molar-refractivity contribution in [2.45, 2.75) is 25.4 Å². The molecule has 1 aliphatic heterocycles. The SMILES string of the molecule is NS(=O)(=O)CC1CCCN1Cc1ccc(Cl)nc1. The molecule has 1 aromatic heterocycles. The molecule has 2 N–H and O–H groups in total. The Morgan fingerprint density at radius 2 is 2.28 bits per heavy atom. The molecule has 1 unspecified atom stereocenters. The van der Waals surface area contributed by atoms with Gasteiger partial charge in [-0.2, -0.15) is 0 Å². The Bertz CT molecular complexity index is 504. The highest BCUT2D eigenvalue weighted by molar-refractivity contribution is 7.89. The van der Waals surface area contributed by atoms with Crippen molar-refractivity contribution in [3.05, 3.63) is 29.0 Å². The van der Waals surface area contributed by atoms with Gasteiger partial charge in [-0.05, 0) is 31.0 Å². The molecule has 0 bridgehead atoms. The molecule has 1 saturated heterocycles. The number of likely N-dealkylation sites (tertiary alicyclic amines) is 1. The lowest BCUT2D eigenvalue weighted by Gasteiger charge is -2.23. The van der Waals surface area contributed by atoms with Gasteiger partial charge in [-0.15, -0.1) is 0 Å². The van der Waals surface area contributed by atoms with E-state index < -0.39 is 10.0 Å². The first kappa shape index (κ1) is 13.7. The number of nitrogens with two attached hydrogens (primary N) is 1. The molecule has 100 valence electrons. The highest BCUT2D eigenvalue weighted by Crippen LogP contribution is 2.21. The van der Waals surface area contributed by atoms with E-state index in [0.717, 1.165) is 24.9 Å². The molecule has 0 aliphatic carbocycles. The summed E-state index contributed by atoms with van der Waals surface area (Å²) in [7, 11) is -3.42. The van der Waals surface area contributed by atoms with E-state index >= 15 is 0 Å². The Labute approximate surface area is 112 Å². The van der Waals surface area contributed by atoms with Crippen LogP contribution in [0.3, 0.4) is 0 Å². The molecule has 7 heteroatoms. The number of aromatic nitrogens is 1. The number of primary sulfonamides is 1. The first-order chi connectivity index (χ1) is 8.44. The smallest absolute Gasteiger partial charge is 0.210 e. The van der Waals surface area contributed by atoms with Crippen molar-refractivity contribution in [3.63, 3.8) is 0 Å². The summed E-state index contributed by atoms with van der Waals surface area (Å²) in [6.45, 7) is 1.58. The summed E-state index contributed by atoms with van der Waals surface area (Å²) >= 11 is 5.72. The maximum atomic E-state index is 11.2.